The predicted molar refractivity (Wildman–Crippen MR) is 55.1 cm³/mol. The van der Waals surface area contributed by atoms with E-state index in [4.69, 9.17) is 18.7 Å². The molecule has 0 saturated carbocycles. The van der Waals surface area contributed by atoms with E-state index >= 15 is 0 Å². The van der Waals surface area contributed by atoms with Gasteiger partial charge in [0.1, 0.15) is 0 Å². The summed E-state index contributed by atoms with van der Waals surface area (Å²) in [7, 11) is -5.84. The van der Waals surface area contributed by atoms with Gasteiger partial charge >= 0.3 is 15.6 Å². The van der Waals surface area contributed by atoms with Crippen LogP contribution in [-0.4, -0.2) is 23.4 Å². The van der Waals surface area contributed by atoms with E-state index in [-0.39, 0.29) is 5.69 Å². The van der Waals surface area contributed by atoms with Crippen molar-refractivity contribution in [1.82, 2.24) is 0 Å². The molecule has 0 aliphatic rings. The Morgan fingerprint density at radius 3 is 1.78 bits per heavy atom. The van der Waals surface area contributed by atoms with Gasteiger partial charge in [-0.2, -0.15) is 21.6 Å². The van der Waals surface area contributed by atoms with Crippen molar-refractivity contribution >= 4 is 21.5 Å². The number of nitrogens with two attached hydrogens (primary N) is 1. The summed E-state index contributed by atoms with van der Waals surface area (Å²) in [6.45, 7) is 0. The number of benzene rings is 1. The number of non-ortho nitro benzene ring substituents is 1. The Morgan fingerprint density at radius 2 is 1.56 bits per heavy atom. The summed E-state index contributed by atoms with van der Waals surface area (Å²) in [5.41, 5.74) is 0.367. The van der Waals surface area contributed by atoms with Crippen LogP contribution in [-0.2, 0) is 10.1 Å². The first-order valence-electron chi connectivity index (χ1n) is 3.99. The van der Waals surface area contributed by atoms with Crippen LogP contribution in [0.3, 0.4) is 0 Å². The molecule has 11 heteroatoms. The number of hydrogen-bond donors (Lipinski definition) is 2. The smallest absolute Gasteiger partial charge is 0.399 e. The van der Waals surface area contributed by atoms with E-state index in [1.54, 1.807) is 0 Å². The van der Waals surface area contributed by atoms with Gasteiger partial charge in [-0.25, -0.2) is 0 Å². The van der Waals surface area contributed by atoms with Crippen molar-refractivity contribution in [3.05, 3.63) is 34.4 Å². The molecular formula is C7H7F3N2O5S. The van der Waals surface area contributed by atoms with Crippen molar-refractivity contribution in [3.8, 4) is 0 Å². The summed E-state index contributed by atoms with van der Waals surface area (Å²) in [5, 5.41) is 10.1. The number of nitro benzene ring substituents is 1. The first-order chi connectivity index (χ1) is 7.95. The second-order valence-electron chi connectivity index (χ2n) is 2.77. The van der Waals surface area contributed by atoms with E-state index in [9.17, 15) is 23.3 Å². The number of nitrogens with zero attached hydrogens (tertiary/aromatic N) is 1. The molecule has 1 aromatic carbocycles. The van der Waals surface area contributed by atoms with E-state index in [0.29, 0.717) is 5.69 Å². The number of nitro groups is 1. The molecule has 3 N–H and O–H groups in total. The van der Waals surface area contributed by atoms with Gasteiger partial charge in [0.25, 0.3) is 5.69 Å². The topological polar surface area (TPSA) is 124 Å². The molecule has 0 aromatic heterocycles. The maximum absolute atomic E-state index is 10.7. The largest absolute Gasteiger partial charge is 0.522 e. The summed E-state index contributed by atoms with van der Waals surface area (Å²) in [6.07, 6.45) is 0. The van der Waals surface area contributed by atoms with Crippen molar-refractivity contribution in [2.45, 2.75) is 5.51 Å². The molecule has 0 atom stereocenters. The second-order valence-corrected chi connectivity index (χ2v) is 4.18. The Labute approximate surface area is 98.9 Å². The quantitative estimate of drug-likeness (QED) is 0.266. The number of rotatable bonds is 1. The molecule has 0 heterocycles. The fourth-order valence-electron chi connectivity index (χ4n) is 0.596. The molecule has 102 valence electrons. The van der Waals surface area contributed by atoms with Crippen molar-refractivity contribution in [2.75, 3.05) is 5.73 Å². The SMILES string of the molecule is Nc1ccc([N+](=O)[O-])cc1.O=S(=O)(O)C(F)(F)F. The van der Waals surface area contributed by atoms with Crippen molar-refractivity contribution < 1.29 is 31.1 Å². The third-order valence-electron chi connectivity index (χ3n) is 1.40. The molecule has 7 nitrogen and oxygen atoms in total. The molecule has 0 radical (unpaired) electrons. The van der Waals surface area contributed by atoms with Crippen LogP contribution in [0.5, 0.6) is 0 Å². The molecule has 0 saturated heterocycles. The molecule has 0 bridgehead atoms. The zero-order valence-electron chi connectivity index (χ0n) is 8.46. The number of alkyl halides is 3. The molecule has 0 amide bonds. The molecule has 1 rings (SSSR count). The Morgan fingerprint density at radius 1 is 1.22 bits per heavy atom. The molecule has 18 heavy (non-hydrogen) atoms. The first-order valence-corrected chi connectivity index (χ1v) is 5.43. The van der Waals surface area contributed by atoms with Crippen LogP contribution in [0.15, 0.2) is 24.3 Å². The van der Waals surface area contributed by atoms with Crippen LogP contribution >= 0.6 is 0 Å². The maximum atomic E-state index is 10.7. The van der Waals surface area contributed by atoms with Gasteiger partial charge in [-0.1, -0.05) is 0 Å². The number of anilines is 1. The number of nitrogen functional groups attached to an aromatic ring is 1. The summed E-state index contributed by atoms with van der Waals surface area (Å²) >= 11 is 0. The summed E-state index contributed by atoms with van der Waals surface area (Å²) in [4.78, 5) is 9.62. The lowest BCUT2D eigenvalue weighted by molar-refractivity contribution is -0.384. The van der Waals surface area contributed by atoms with E-state index in [1.807, 2.05) is 0 Å². The van der Waals surface area contributed by atoms with Crippen molar-refractivity contribution in [3.63, 3.8) is 0 Å². The molecular weight excluding hydrogens is 281 g/mol. The van der Waals surface area contributed by atoms with Gasteiger partial charge in [-0.05, 0) is 12.1 Å². The van der Waals surface area contributed by atoms with Crippen LogP contribution in [0.4, 0.5) is 24.5 Å². The minimum absolute atomic E-state index is 0.0641. The average molecular weight is 288 g/mol. The van der Waals surface area contributed by atoms with Crippen LogP contribution in [0, 0.1) is 10.1 Å². The highest BCUT2D eigenvalue weighted by atomic mass is 32.2. The van der Waals surface area contributed by atoms with E-state index in [2.05, 4.69) is 0 Å². The first kappa shape index (κ1) is 16.1. The third-order valence-corrected chi connectivity index (χ3v) is 1.98. The predicted octanol–water partition coefficient (Wildman–Crippen LogP) is 1.57. The number of hydrogen-bond acceptors (Lipinski definition) is 5. The van der Waals surface area contributed by atoms with Crippen LogP contribution in [0.25, 0.3) is 0 Å². The molecule has 0 unspecified atom stereocenters. The van der Waals surface area contributed by atoms with Crippen molar-refractivity contribution in [1.29, 1.82) is 0 Å². The molecule has 1 aromatic rings. The van der Waals surface area contributed by atoms with E-state index in [1.165, 1.54) is 24.3 Å². The maximum Gasteiger partial charge on any atom is 0.522 e. The van der Waals surface area contributed by atoms with Crippen LogP contribution in [0.1, 0.15) is 0 Å². The summed E-state index contributed by atoms with van der Waals surface area (Å²) in [6, 6.07) is 5.74. The zero-order chi connectivity index (χ0) is 14.6. The lowest BCUT2D eigenvalue weighted by Crippen LogP contribution is -2.21. The summed E-state index contributed by atoms with van der Waals surface area (Å²) in [5.74, 6) is 0. The highest BCUT2D eigenvalue weighted by molar-refractivity contribution is 7.86. The zero-order valence-corrected chi connectivity index (χ0v) is 9.27. The highest BCUT2D eigenvalue weighted by Crippen LogP contribution is 2.20. The van der Waals surface area contributed by atoms with E-state index in [0.717, 1.165) is 0 Å². The Balaban J connectivity index is 0.000000331. The number of halogens is 3. The normalized spacial score (nSPS) is 11.3. The fourth-order valence-corrected chi connectivity index (χ4v) is 0.596. The van der Waals surface area contributed by atoms with Gasteiger partial charge < -0.3 is 5.73 Å². The standard InChI is InChI=1S/C6H6N2O2.CHF3O3S/c7-5-1-3-6(4-2-5)8(9)10;2-1(3,4)8(5,6)7/h1-4H,7H2;(H,5,6,7). The van der Waals surface area contributed by atoms with Crippen molar-refractivity contribution in [2.24, 2.45) is 0 Å². The monoisotopic (exact) mass is 288 g/mol. The van der Waals surface area contributed by atoms with E-state index < -0.39 is 20.5 Å². The molecule has 0 spiro atoms. The fraction of sp³-hybridized carbons (Fsp3) is 0.143. The van der Waals surface area contributed by atoms with Gasteiger partial charge in [0, 0.05) is 17.8 Å². The lowest BCUT2D eigenvalue weighted by atomic mass is 10.3. The Kier molecular flexibility index (Phi) is 5.05. The lowest BCUT2D eigenvalue weighted by Gasteiger charge is -1.97. The average Bonchev–Trinajstić information content (AvgIpc) is 2.16. The van der Waals surface area contributed by atoms with Crippen LogP contribution in [0.2, 0.25) is 0 Å². The van der Waals surface area contributed by atoms with Gasteiger partial charge in [-0.3, -0.25) is 14.7 Å². The minimum atomic E-state index is -5.84. The second kappa shape index (κ2) is 5.64. The highest BCUT2D eigenvalue weighted by Gasteiger charge is 2.44. The summed E-state index contributed by atoms with van der Waals surface area (Å²) < 4.78 is 57.5. The third kappa shape index (κ3) is 5.45. The van der Waals surface area contributed by atoms with Gasteiger partial charge in [0.05, 0.1) is 4.92 Å². The van der Waals surface area contributed by atoms with Gasteiger partial charge in [-0.15, -0.1) is 0 Å². The molecule has 0 fully saturated rings. The van der Waals surface area contributed by atoms with Crippen LogP contribution < -0.4 is 5.73 Å². The molecule has 0 aliphatic carbocycles. The van der Waals surface area contributed by atoms with Gasteiger partial charge in [0.15, 0.2) is 0 Å². The molecule has 0 aliphatic heterocycles. The van der Waals surface area contributed by atoms with Gasteiger partial charge in [0.2, 0.25) is 0 Å². The Bertz CT molecular complexity index is 511. The Hall–Kier alpha value is -1.88. The minimum Gasteiger partial charge on any atom is -0.399 e.